The SMILES string of the molecule is COc1ccc(C2=N/C(=C\c3ccc(OC(=O)/C=C/c4ccc([N+](=O)[O-])cc4)c(OC)c3)C(=O)O2)cc1. The molecule has 0 bridgehead atoms. The van der Waals surface area contributed by atoms with E-state index in [1.807, 2.05) is 0 Å². The Bertz CT molecular complexity index is 1440. The summed E-state index contributed by atoms with van der Waals surface area (Å²) in [6.45, 7) is 0. The van der Waals surface area contributed by atoms with E-state index in [-0.39, 0.29) is 28.8 Å². The predicted octanol–water partition coefficient (Wildman–Crippen LogP) is 4.58. The van der Waals surface area contributed by atoms with E-state index in [1.54, 1.807) is 43.5 Å². The Morgan fingerprint density at radius 1 is 0.946 bits per heavy atom. The van der Waals surface area contributed by atoms with E-state index in [0.717, 1.165) is 0 Å². The van der Waals surface area contributed by atoms with Crippen molar-refractivity contribution in [3.8, 4) is 17.2 Å². The van der Waals surface area contributed by atoms with E-state index in [4.69, 9.17) is 18.9 Å². The Hall–Kier alpha value is -5.25. The highest BCUT2D eigenvalue weighted by atomic mass is 16.6. The zero-order chi connectivity index (χ0) is 26.4. The molecule has 37 heavy (non-hydrogen) atoms. The van der Waals surface area contributed by atoms with Crippen molar-refractivity contribution in [2.24, 2.45) is 4.99 Å². The molecule has 0 radical (unpaired) electrons. The first-order valence-electron chi connectivity index (χ1n) is 10.9. The Labute approximate surface area is 211 Å². The van der Waals surface area contributed by atoms with Crippen LogP contribution < -0.4 is 14.2 Å². The average Bonchev–Trinajstić information content (AvgIpc) is 3.28. The summed E-state index contributed by atoms with van der Waals surface area (Å²) < 4.78 is 21.1. The summed E-state index contributed by atoms with van der Waals surface area (Å²) in [4.78, 5) is 39.1. The number of carbonyl (C=O) groups is 2. The van der Waals surface area contributed by atoms with E-state index in [1.165, 1.54) is 55.7 Å². The Morgan fingerprint density at radius 3 is 2.30 bits per heavy atom. The molecule has 10 nitrogen and oxygen atoms in total. The number of ether oxygens (including phenoxy) is 4. The lowest BCUT2D eigenvalue weighted by Gasteiger charge is -2.08. The van der Waals surface area contributed by atoms with Crippen molar-refractivity contribution in [2.45, 2.75) is 0 Å². The molecular weight excluding hydrogens is 480 g/mol. The zero-order valence-electron chi connectivity index (χ0n) is 19.7. The van der Waals surface area contributed by atoms with Gasteiger partial charge >= 0.3 is 11.9 Å². The number of nitrogens with zero attached hydrogens (tertiary/aromatic N) is 2. The van der Waals surface area contributed by atoms with Crippen LogP contribution in [0.1, 0.15) is 16.7 Å². The molecule has 0 fully saturated rings. The van der Waals surface area contributed by atoms with Gasteiger partial charge in [-0.1, -0.05) is 6.07 Å². The minimum atomic E-state index is -0.670. The van der Waals surface area contributed by atoms with Crippen LogP contribution in [0.4, 0.5) is 5.69 Å². The minimum absolute atomic E-state index is 0.0481. The molecule has 0 unspecified atom stereocenters. The van der Waals surface area contributed by atoms with Crippen molar-refractivity contribution >= 4 is 35.7 Å². The normalized spacial score (nSPS) is 13.8. The van der Waals surface area contributed by atoms with Gasteiger partial charge in [0.2, 0.25) is 5.90 Å². The summed E-state index contributed by atoms with van der Waals surface area (Å²) in [6, 6.07) is 17.4. The van der Waals surface area contributed by atoms with Gasteiger partial charge in [0, 0.05) is 23.8 Å². The van der Waals surface area contributed by atoms with Crippen molar-refractivity contribution < 1.29 is 33.5 Å². The Morgan fingerprint density at radius 2 is 1.65 bits per heavy atom. The molecule has 0 aromatic heterocycles. The third kappa shape index (κ3) is 6.06. The number of methoxy groups -OCH3 is 2. The number of carbonyl (C=O) groups excluding carboxylic acids is 2. The molecule has 10 heteroatoms. The number of nitro benzene ring substituents is 1. The van der Waals surface area contributed by atoms with Gasteiger partial charge in [-0.05, 0) is 71.8 Å². The van der Waals surface area contributed by atoms with Crippen LogP contribution in [0.15, 0.2) is 83.5 Å². The van der Waals surface area contributed by atoms with Crippen molar-refractivity contribution in [1.29, 1.82) is 0 Å². The Balaban J connectivity index is 1.47. The number of esters is 2. The van der Waals surface area contributed by atoms with E-state index in [0.29, 0.717) is 22.4 Å². The van der Waals surface area contributed by atoms with Crippen LogP contribution in [0.5, 0.6) is 17.2 Å². The molecule has 3 aromatic carbocycles. The molecule has 0 atom stereocenters. The van der Waals surface area contributed by atoms with Crippen molar-refractivity contribution in [1.82, 2.24) is 0 Å². The van der Waals surface area contributed by atoms with Crippen LogP contribution in [0, 0.1) is 10.1 Å². The topological polar surface area (TPSA) is 127 Å². The fourth-order valence-corrected chi connectivity index (χ4v) is 3.30. The van der Waals surface area contributed by atoms with E-state index in [9.17, 15) is 19.7 Å². The largest absolute Gasteiger partial charge is 0.497 e. The van der Waals surface area contributed by atoms with Gasteiger partial charge in [-0.3, -0.25) is 10.1 Å². The molecule has 3 aromatic rings. The van der Waals surface area contributed by atoms with Crippen molar-refractivity contribution in [3.05, 3.63) is 105 Å². The van der Waals surface area contributed by atoms with Crippen LogP contribution in [0.2, 0.25) is 0 Å². The molecule has 0 saturated carbocycles. The lowest BCUT2D eigenvalue weighted by atomic mass is 10.1. The van der Waals surface area contributed by atoms with Crippen molar-refractivity contribution in [2.75, 3.05) is 14.2 Å². The highest BCUT2D eigenvalue weighted by molar-refractivity contribution is 6.12. The fraction of sp³-hybridized carbons (Fsp3) is 0.0741. The summed E-state index contributed by atoms with van der Waals surface area (Å²) in [7, 11) is 2.97. The molecule has 1 aliphatic heterocycles. The number of non-ortho nitro benzene ring substituents is 1. The van der Waals surface area contributed by atoms with Gasteiger partial charge in [-0.2, -0.15) is 0 Å². The molecule has 1 heterocycles. The van der Waals surface area contributed by atoms with Gasteiger partial charge in [0.15, 0.2) is 17.2 Å². The molecule has 0 spiro atoms. The number of benzene rings is 3. The first-order valence-corrected chi connectivity index (χ1v) is 10.9. The molecule has 0 N–H and O–H groups in total. The van der Waals surface area contributed by atoms with Gasteiger partial charge < -0.3 is 18.9 Å². The molecule has 1 aliphatic rings. The maximum absolute atomic E-state index is 12.3. The average molecular weight is 500 g/mol. The summed E-state index contributed by atoms with van der Waals surface area (Å²) in [5, 5.41) is 10.7. The summed E-state index contributed by atoms with van der Waals surface area (Å²) in [6.07, 6.45) is 4.20. The quantitative estimate of drug-likeness (QED) is 0.145. The first kappa shape index (κ1) is 24.9. The lowest BCUT2D eigenvalue weighted by Crippen LogP contribution is -2.05. The molecule has 0 aliphatic carbocycles. The second-order valence-corrected chi connectivity index (χ2v) is 7.58. The van der Waals surface area contributed by atoms with Gasteiger partial charge in [0.1, 0.15) is 5.75 Å². The third-order valence-corrected chi connectivity index (χ3v) is 5.17. The number of nitro groups is 1. The van der Waals surface area contributed by atoms with Crippen molar-refractivity contribution in [3.63, 3.8) is 0 Å². The molecule has 4 rings (SSSR count). The fourth-order valence-electron chi connectivity index (χ4n) is 3.30. The predicted molar refractivity (Wildman–Crippen MR) is 134 cm³/mol. The van der Waals surface area contributed by atoms with Crippen LogP contribution in [-0.2, 0) is 14.3 Å². The second kappa shape index (κ2) is 11.0. The van der Waals surface area contributed by atoms with E-state index < -0.39 is 16.9 Å². The van der Waals surface area contributed by atoms with Crippen LogP contribution in [-0.4, -0.2) is 37.0 Å². The van der Waals surface area contributed by atoms with Crippen LogP contribution in [0.25, 0.3) is 12.2 Å². The summed E-state index contributed by atoms with van der Waals surface area (Å²) >= 11 is 0. The molecule has 0 saturated heterocycles. The number of hydrogen-bond acceptors (Lipinski definition) is 9. The highest BCUT2D eigenvalue weighted by Gasteiger charge is 2.24. The third-order valence-electron chi connectivity index (χ3n) is 5.17. The number of rotatable bonds is 8. The summed E-state index contributed by atoms with van der Waals surface area (Å²) in [5.74, 6) is -0.000463. The maximum atomic E-state index is 12.3. The minimum Gasteiger partial charge on any atom is -0.497 e. The molecular formula is C27H20N2O8. The standard InChI is InChI=1S/C27H20N2O8/c1-34-21-11-7-19(8-12-21)26-28-22(27(31)37-26)15-18-5-13-23(24(16-18)35-2)36-25(30)14-6-17-3-9-20(10-4-17)29(32)33/h3-16H,1-2H3/b14-6+,22-15-. The monoisotopic (exact) mass is 500 g/mol. The second-order valence-electron chi connectivity index (χ2n) is 7.58. The van der Waals surface area contributed by atoms with Gasteiger partial charge in [-0.25, -0.2) is 14.6 Å². The lowest BCUT2D eigenvalue weighted by molar-refractivity contribution is -0.384. The highest BCUT2D eigenvalue weighted by Crippen LogP contribution is 2.30. The van der Waals surface area contributed by atoms with Gasteiger partial charge in [0.05, 0.1) is 19.1 Å². The van der Waals surface area contributed by atoms with Gasteiger partial charge in [-0.15, -0.1) is 0 Å². The van der Waals surface area contributed by atoms with E-state index in [2.05, 4.69) is 4.99 Å². The number of cyclic esters (lactones) is 1. The van der Waals surface area contributed by atoms with Crippen LogP contribution in [0.3, 0.4) is 0 Å². The molecule has 186 valence electrons. The molecule has 0 amide bonds. The van der Waals surface area contributed by atoms with E-state index >= 15 is 0 Å². The van der Waals surface area contributed by atoms with Crippen LogP contribution >= 0.6 is 0 Å². The maximum Gasteiger partial charge on any atom is 0.363 e. The smallest absolute Gasteiger partial charge is 0.363 e. The first-order chi connectivity index (χ1) is 17.9. The number of aliphatic imine (C=N–C) groups is 1. The zero-order valence-corrected chi connectivity index (χ0v) is 19.7. The Kier molecular flexibility index (Phi) is 7.39. The van der Waals surface area contributed by atoms with Gasteiger partial charge in [0.25, 0.3) is 5.69 Å². The summed E-state index contributed by atoms with van der Waals surface area (Å²) in [5.41, 5.74) is 1.84. The number of hydrogen-bond donors (Lipinski definition) is 0.